The summed E-state index contributed by atoms with van der Waals surface area (Å²) < 4.78 is 11.4. The third-order valence-corrected chi connectivity index (χ3v) is 5.08. The minimum Gasteiger partial charge on any atom is -0.491 e. The van der Waals surface area contributed by atoms with E-state index in [-0.39, 0.29) is 18.6 Å². The fourth-order valence-electron chi connectivity index (χ4n) is 3.33. The molecule has 0 saturated heterocycles. The van der Waals surface area contributed by atoms with Crippen LogP contribution in [-0.2, 0) is 17.6 Å². The second-order valence-electron chi connectivity index (χ2n) is 7.45. The summed E-state index contributed by atoms with van der Waals surface area (Å²) in [5.74, 6) is 1.46. The van der Waals surface area contributed by atoms with Crippen molar-refractivity contribution in [2.45, 2.75) is 52.5 Å². The van der Waals surface area contributed by atoms with Crippen molar-refractivity contribution in [2.75, 3.05) is 13.2 Å². The van der Waals surface area contributed by atoms with Crippen molar-refractivity contribution in [1.82, 2.24) is 5.32 Å². The van der Waals surface area contributed by atoms with Crippen LogP contribution in [0.2, 0.25) is 0 Å². The maximum Gasteiger partial charge on any atom is 0.258 e. The standard InChI is InChI=1S/C23H29NO3/c1-16-8-10-21(12-17(16)2)26-14-18(3)24-23(25)15-27-22-11-9-19-6-4-5-7-20(19)13-22/h8-13,18H,4-7,14-15H2,1-3H3,(H,24,25)/t18-/m1/s1. The number of fused-ring (bicyclic) bond motifs is 1. The van der Waals surface area contributed by atoms with Gasteiger partial charge >= 0.3 is 0 Å². The number of hydrogen-bond acceptors (Lipinski definition) is 3. The summed E-state index contributed by atoms with van der Waals surface area (Å²) in [6.45, 7) is 6.51. The first-order chi connectivity index (χ1) is 13.0. The Balaban J connectivity index is 1.42. The Kier molecular flexibility index (Phi) is 6.38. The fraction of sp³-hybridized carbons (Fsp3) is 0.435. The van der Waals surface area contributed by atoms with Crippen LogP contribution in [0.3, 0.4) is 0 Å². The number of carbonyl (C=O) groups excluding carboxylic acids is 1. The molecule has 1 N–H and O–H groups in total. The van der Waals surface area contributed by atoms with Crippen LogP contribution in [-0.4, -0.2) is 25.2 Å². The molecule has 0 spiro atoms. The van der Waals surface area contributed by atoms with Gasteiger partial charge in [0.2, 0.25) is 0 Å². The third kappa shape index (κ3) is 5.49. The number of ether oxygens (including phenoxy) is 2. The van der Waals surface area contributed by atoms with Crippen LogP contribution in [0.25, 0.3) is 0 Å². The minimum atomic E-state index is -0.135. The Labute approximate surface area is 161 Å². The molecule has 1 aliphatic carbocycles. The minimum absolute atomic E-state index is 0.0206. The molecule has 0 fully saturated rings. The molecule has 2 aromatic rings. The van der Waals surface area contributed by atoms with E-state index in [4.69, 9.17) is 9.47 Å². The zero-order valence-corrected chi connectivity index (χ0v) is 16.5. The fourth-order valence-corrected chi connectivity index (χ4v) is 3.33. The largest absolute Gasteiger partial charge is 0.491 e. The van der Waals surface area contributed by atoms with Crippen molar-refractivity contribution >= 4 is 5.91 Å². The summed E-state index contributed by atoms with van der Waals surface area (Å²) in [5, 5.41) is 2.92. The molecule has 0 unspecified atom stereocenters. The van der Waals surface area contributed by atoms with Gasteiger partial charge in [-0.2, -0.15) is 0 Å². The van der Waals surface area contributed by atoms with Crippen molar-refractivity contribution in [3.8, 4) is 11.5 Å². The van der Waals surface area contributed by atoms with Gasteiger partial charge in [0, 0.05) is 0 Å². The Morgan fingerprint density at radius 2 is 1.67 bits per heavy atom. The number of carbonyl (C=O) groups is 1. The molecule has 1 amide bonds. The number of nitrogens with one attached hydrogen (secondary N) is 1. The summed E-state index contributed by atoms with van der Waals surface area (Å²) in [7, 11) is 0. The quantitative estimate of drug-likeness (QED) is 0.800. The van der Waals surface area contributed by atoms with Crippen LogP contribution in [0.4, 0.5) is 0 Å². The molecule has 2 aromatic carbocycles. The molecular formula is C23H29NO3. The van der Waals surface area contributed by atoms with E-state index in [9.17, 15) is 4.79 Å². The smallest absolute Gasteiger partial charge is 0.258 e. The highest BCUT2D eigenvalue weighted by Gasteiger charge is 2.12. The number of benzene rings is 2. The van der Waals surface area contributed by atoms with Gasteiger partial charge in [0.15, 0.2) is 6.61 Å². The molecule has 0 aromatic heterocycles. The van der Waals surface area contributed by atoms with Crippen LogP contribution < -0.4 is 14.8 Å². The summed E-state index contributed by atoms with van der Waals surface area (Å²) in [6, 6.07) is 12.1. The predicted molar refractivity (Wildman–Crippen MR) is 108 cm³/mol. The van der Waals surface area contributed by atoms with Crippen molar-refractivity contribution in [2.24, 2.45) is 0 Å². The number of amides is 1. The maximum absolute atomic E-state index is 12.1. The highest BCUT2D eigenvalue weighted by atomic mass is 16.5. The summed E-state index contributed by atoms with van der Waals surface area (Å²) in [4.78, 5) is 12.1. The Bertz CT molecular complexity index is 800. The molecule has 3 rings (SSSR count). The van der Waals surface area contributed by atoms with Crippen molar-refractivity contribution in [1.29, 1.82) is 0 Å². The molecule has 0 heterocycles. The monoisotopic (exact) mass is 367 g/mol. The molecule has 4 heteroatoms. The lowest BCUT2D eigenvalue weighted by molar-refractivity contribution is -0.123. The molecule has 27 heavy (non-hydrogen) atoms. The van der Waals surface area contributed by atoms with E-state index in [2.05, 4.69) is 31.3 Å². The second kappa shape index (κ2) is 8.94. The molecule has 0 aliphatic heterocycles. The number of hydrogen-bond donors (Lipinski definition) is 1. The van der Waals surface area contributed by atoms with E-state index in [0.29, 0.717) is 6.61 Å². The van der Waals surface area contributed by atoms with Gasteiger partial charge < -0.3 is 14.8 Å². The van der Waals surface area contributed by atoms with Gasteiger partial charge in [-0.15, -0.1) is 0 Å². The van der Waals surface area contributed by atoms with E-state index in [1.807, 2.05) is 31.2 Å². The lowest BCUT2D eigenvalue weighted by Crippen LogP contribution is -2.39. The highest BCUT2D eigenvalue weighted by molar-refractivity contribution is 5.77. The zero-order chi connectivity index (χ0) is 19.2. The first kappa shape index (κ1) is 19.3. The van der Waals surface area contributed by atoms with Crippen molar-refractivity contribution < 1.29 is 14.3 Å². The van der Waals surface area contributed by atoms with Crippen LogP contribution >= 0.6 is 0 Å². The van der Waals surface area contributed by atoms with Gasteiger partial charge in [-0.05, 0) is 93.0 Å². The molecule has 4 nitrogen and oxygen atoms in total. The molecular weight excluding hydrogens is 338 g/mol. The van der Waals surface area contributed by atoms with Crippen molar-refractivity contribution in [3.05, 3.63) is 58.7 Å². The van der Waals surface area contributed by atoms with Crippen LogP contribution in [0.5, 0.6) is 11.5 Å². The molecule has 1 atom stereocenters. The van der Waals surface area contributed by atoms with E-state index >= 15 is 0 Å². The van der Waals surface area contributed by atoms with Gasteiger partial charge in [0.25, 0.3) is 5.91 Å². The predicted octanol–water partition coefficient (Wildman–Crippen LogP) is 4.14. The number of aryl methyl sites for hydroxylation is 4. The van der Waals surface area contributed by atoms with Gasteiger partial charge in [-0.3, -0.25) is 4.79 Å². The van der Waals surface area contributed by atoms with E-state index < -0.39 is 0 Å². The summed E-state index contributed by atoms with van der Waals surface area (Å²) >= 11 is 0. The lowest BCUT2D eigenvalue weighted by Gasteiger charge is -2.18. The van der Waals surface area contributed by atoms with E-state index in [1.54, 1.807) is 0 Å². The Morgan fingerprint density at radius 1 is 0.963 bits per heavy atom. The Hall–Kier alpha value is -2.49. The van der Waals surface area contributed by atoms with Gasteiger partial charge in [0.1, 0.15) is 18.1 Å². The van der Waals surface area contributed by atoms with Gasteiger partial charge in [-0.25, -0.2) is 0 Å². The molecule has 0 bridgehead atoms. The first-order valence-corrected chi connectivity index (χ1v) is 9.75. The number of rotatable bonds is 7. The summed E-state index contributed by atoms with van der Waals surface area (Å²) in [6.07, 6.45) is 4.74. The topological polar surface area (TPSA) is 47.6 Å². The average molecular weight is 367 g/mol. The third-order valence-electron chi connectivity index (χ3n) is 5.08. The second-order valence-corrected chi connectivity index (χ2v) is 7.45. The van der Waals surface area contributed by atoms with Crippen LogP contribution in [0.15, 0.2) is 36.4 Å². The average Bonchev–Trinajstić information content (AvgIpc) is 2.67. The first-order valence-electron chi connectivity index (χ1n) is 9.75. The zero-order valence-electron chi connectivity index (χ0n) is 16.5. The Morgan fingerprint density at radius 3 is 2.44 bits per heavy atom. The van der Waals surface area contributed by atoms with E-state index in [0.717, 1.165) is 24.3 Å². The van der Waals surface area contributed by atoms with Gasteiger partial charge in [-0.1, -0.05) is 12.1 Å². The molecule has 0 radical (unpaired) electrons. The lowest BCUT2D eigenvalue weighted by atomic mass is 9.92. The van der Waals surface area contributed by atoms with Crippen molar-refractivity contribution in [3.63, 3.8) is 0 Å². The molecule has 1 aliphatic rings. The maximum atomic E-state index is 12.1. The highest BCUT2D eigenvalue weighted by Crippen LogP contribution is 2.25. The van der Waals surface area contributed by atoms with Gasteiger partial charge in [0.05, 0.1) is 6.04 Å². The van der Waals surface area contributed by atoms with Crippen LogP contribution in [0.1, 0.15) is 42.0 Å². The SMILES string of the molecule is Cc1ccc(OC[C@@H](C)NC(=O)COc2ccc3c(c2)CCCC3)cc1C. The summed E-state index contributed by atoms with van der Waals surface area (Å²) in [5.41, 5.74) is 5.20. The molecule has 0 saturated carbocycles. The van der Waals surface area contributed by atoms with E-state index in [1.165, 1.54) is 35.1 Å². The van der Waals surface area contributed by atoms with Crippen LogP contribution in [0, 0.1) is 13.8 Å². The molecule has 144 valence electrons. The normalized spacial score (nSPS) is 14.2.